The minimum Gasteiger partial charge on any atom is -0.274 e. The topological polar surface area (TPSA) is 55.3 Å². The van der Waals surface area contributed by atoms with E-state index in [2.05, 4.69) is 14.8 Å². The summed E-state index contributed by atoms with van der Waals surface area (Å²) in [5.74, 6) is -0.497. The van der Waals surface area contributed by atoms with Crippen LogP contribution in [-0.2, 0) is 4.84 Å². The van der Waals surface area contributed by atoms with Gasteiger partial charge in [0.1, 0.15) is 22.2 Å². The summed E-state index contributed by atoms with van der Waals surface area (Å²) in [6, 6.07) is 0. The van der Waals surface area contributed by atoms with E-state index >= 15 is 0 Å². The van der Waals surface area contributed by atoms with Crippen LogP contribution >= 0.6 is 23.2 Å². The summed E-state index contributed by atoms with van der Waals surface area (Å²) in [5, 5.41) is 0.981. The van der Waals surface area contributed by atoms with E-state index in [0.29, 0.717) is 0 Å². The van der Waals surface area contributed by atoms with E-state index in [1.54, 1.807) is 0 Å². The lowest BCUT2D eigenvalue weighted by Crippen LogP contribution is -2.26. The second-order valence-corrected chi connectivity index (χ2v) is 3.03. The van der Waals surface area contributed by atoms with Crippen molar-refractivity contribution in [3.8, 4) is 0 Å². The average Bonchev–Trinajstić information content (AvgIpc) is 2.16. The van der Waals surface area contributed by atoms with Crippen molar-refractivity contribution in [2.45, 2.75) is 0 Å². The number of hydroxylamine groups is 2. The Bertz CT molecular complexity index is 339. The predicted octanol–water partition coefficient (Wildman–Crippen LogP) is 1.42. The van der Waals surface area contributed by atoms with Crippen LogP contribution in [0.4, 0.5) is 0 Å². The molecule has 0 aromatic carbocycles. The van der Waals surface area contributed by atoms with Crippen LogP contribution < -0.4 is 0 Å². The zero-order chi connectivity index (χ0) is 10.7. The minimum absolute atomic E-state index is 0.00102. The number of carbonyl (C=O) groups excluding carboxylic acids is 1. The molecule has 0 aliphatic rings. The average molecular weight is 236 g/mol. The van der Waals surface area contributed by atoms with Gasteiger partial charge in [-0.25, -0.2) is 15.0 Å². The van der Waals surface area contributed by atoms with Gasteiger partial charge in [-0.15, -0.1) is 0 Å². The van der Waals surface area contributed by atoms with Crippen LogP contribution in [0.25, 0.3) is 0 Å². The van der Waals surface area contributed by atoms with Crippen molar-refractivity contribution in [2.75, 3.05) is 14.2 Å². The van der Waals surface area contributed by atoms with Gasteiger partial charge in [0.2, 0.25) is 0 Å². The molecule has 0 fully saturated rings. The Hall–Kier alpha value is -0.910. The van der Waals surface area contributed by atoms with Crippen molar-refractivity contribution in [3.63, 3.8) is 0 Å². The van der Waals surface area contributed by atoms with Crippen molar-refractivity contribution >= 4 is 29.1 Å². The summed E-state index contributed by atoms with van der Waals surface area (Å²) in [5.41, 5.74) is 0.0279. The number of hydrogen-bond donors (Lipinski definition) is 0. The lowest BCUT2D eigenvalue weighted by molar-refractivity contribution is -0.0757. The van der Waals surface area contributed by atoms with Gasteiger partial charge in [0.25, 0.3) is 5.91 Å². The molecule has 0 aliphatic carbocycles. The lowest BCUT2D eigenvalue weighted by Gasteiger charge is -2.14. The van der Waals surface area contributed by atoms with Crippen molar-refractivity contribution < 1.29 is 9.63 Å². The fourth-order valence-electron chi connectivity index (χ4n) is 0.761. The van der Waals surface area contributed by atoms with Crippen LogP contribution in [0.3, 0.4) is 0 Å². The fraction of sp³-hybridized carbons (Fsp3) is 0.286. The molecule has 0 aliphatic heterocycles. The molecule has 0 saturated carbocycles. The maximum Gasteiger partial charge on any atom is 0.283 e. The van der Waals surface area contributed by atoms with Crippen molar-refractivity contribution in [1.82, 2.24) is 15.0 Å². The quantitative estimate of drug-likeness (QED) is 0.575. The summed E-state index contributed by atoms with van der Waals surface area (Å²) in [4.78, 5) is 23.5. The van der Waals surface area contributed by atoms with Crippen LogP contribution in [0.5, 0.6) is 0 Å². The number of halogens is 2. The van der Waals surface area contributed by atoms with Gasteiger partial charge in [-0.05, 0) is 0 Å². The molecule has 1 aromatic rings. The van der Waals surface area contributed by atoms with Gasteiger partial charge in [-0.1, -0.05) is 23.2 Å². The summed E-state index contributed by atoms with van der Waals surface area (Å²) in [7, 11) is 2.78. The molecule has 7 heteroatoms. The number of amides is 1. The Morgan fingerprint density at radius 3 is 2.36 bits per heavy atom. The number of aromatic nitrogens is 2. The van der Waals surface area contributed by atoms with E-state index in [1.165, 1.54) is 20.5 Å². The molecule has 1 aromatic heterocycles. The Morgan fingerprint density at radius 1 is 1.43 bits per heavy atom. The standard InChI is InChI=1S/C7H7Cl2N3O2/c1-12(14-2)7(13)4-5(8)10-3-11-6(4)9/h3H,1-2H3. The van der Waals surface area contributed by atoms with Gasteiger partial charge in [-0.3, -0.25) is 9.63 Å². The molecule has 0 unspecified atom stereocenters. The van der Waals surface area contributed by atoms with Crippen LogP contribution in [0.2, 0.25) is 10.3 Å². The van der Waals surface area contributed by atoms with E-state index in [1.807, 2.05) is 0 Å². The molecule has 0 N–H and O–H groups in total. The van der Waals surface area contributed by atoms with E-state index in [9.17, 15) is 4.79 Å². The summed E-state index contributed by atoms with van der Waals surface area (Å²) >= 11 is 11.4. The second kappa shape index (κ2) is 4.54. The van der Waals surface area contributed by atoms with Gasteiger partial charge in [-0.2, -0.15) is 0 Å². The predicted molar refractivity (Wildman–Crippen MR) is 51.2 cm³/mol. The fourth-order valence-corrected chi connectivity index (χ4v) is 1.24. The first-order valence-electron chi connectivity index (χ1n) is 3.56. The van der Waals surface area contributed by atoms with Gasteiger partial charge >= 0.3 is 0 Å². The third-order valence-corrected chi connectivity index (χ3v) is 2.10. The number of hydrogen-bond acceptors (Lipinski definition) is 4. The first-order valence-corrected chi connectivity index (χ1v) is 4.31. The Kier molecular flexibility index (Phi) is 3.62. The second-order valence-electron chi connectivity index (χ2n) is 2.32. The zero-order valence-corrected chi connectivity index (χ0v) is 9.00. The van der Waals surface area contributed by atoms with Gasteiger partial charge in [0.15, 0.2) is 0 Å². The first kappa shape index (κ1) is 11.2. The molecule has 76 valence electrons. The van der Waals surface area contributed by atoms with E-state index < -0.39 is 5.91 Å². The highest BCUT2D eigenvalue weighted by atomic mass is 35.5. The summed E-state index contributed by atoms with van der Waals surface area (Å²) in [6.45, 7) is 0. The zero-order valence-electron chi connectivity index (χ0n) is 7.49. The highest BCUT2D eigenvalue weighted by Crippen LogP contribution is 2.20. The molecule has 1 amide bonds. The van der Waals surface area contributed by atoms with Crippen molar-refractivity contribution in [1.29, 1.82) is 0 Å². The summed E-state index contributed by atoms with van der Waals surface area (Å²) < 4.78 is 0. The summed E-state index contributed by atoms with van der Waals surface area (Å²) in [6.07, 6.45) is 1.17. The molecule has 0 spiro atoms. The van der Waals surface area contributed by atoms with E-state index in [-0.39, 0.29) is 15.9 Å². The molecular weight excluding hydrogens is 229 g/mol. The maximum atomic E-state index is 11.6. The Balaban J connectivity index is 3.12. The third kappa shape index (κ3) is 2.12. The number of carbonyl (C=O) groups is 1. The molecule has 0 saturated heterocycles. The number of rotatable bonds is 2. The molecule has 0 bridgehead atoms. The molecule has 0 atom stereocenters. The SMILES string of the molecule is CON(C)C(=O)c1c(Cl)ncnc1Cl. The normalized spacial score (nSPS) is 10.0. The molecule has 1 heterocycles. The molecule has 14 heavy (non-hydrogen) atoms. The van der Waals surface area contributed by atoms with E-state index in [4.69, 9.17) is 23.2 Å². The third-order valence-electron chi connectivity index (χ3n) is 1.53. The largest absolute Gasteiger partial charge is 0.283 e. The first-order chi connectivity index (χ1) is 6.57. The highest BCUT2D eigenvalue weighted by molar-refractivity contribution is 6.38. The van der Waals surface area contributed by atoms with Crippen molar-refractivity contribution in [2.24, 2.45) is 0 Å². The number of nitrogens with zero attached hydrogens (tertiary/aromatic N) is 3. The Morgan fingerprint density at radius 2 is 1.93 bits per heavy atom. The molecular formula is C7H7Cl2N3O2. The minimum atomic E-state index is -0.497. The lowest BCUT2D eigenvalue weighted by atomic mass is 10.3. The van der Waals surface area contributed by atoms with E-state index in [0.717, 1.165) is 5.06 Å². The van der Waals surface area contributed by atoms with Crippen LogP contribution in [-0.4, -0.2) is 35.1 Å². The molecule has 1 rings (SSSR count). The van der Waals surface area contributed by atoms with Gasteiger partial charge < -0.3 is 0 Å². The van der Waals surface area contributed by atoms with Crippen LogP contribution in [0, 0.1) is 0 Å². The van der Waals surface area contributed by atoms with Gasteiger partial charge in [0, 0.05) is 7.05 Å². The van der Waals surface area contributed by atoms with Gasteiger partial charge in [0.05, 0.1) is 7.11 Å². The highest BCUT2D eigenvalue weighted by Gasteiger charge is 2.20. The monoisotopic (exact) mass is 235 g/mol. The van der Waals surface area contributed by atoms with Crippen molar-refractivity contribution in [3.05, 3.63) is 22.2 Å². The smallest absolute Gasteiger partial charge is 0.274 e. The molecule has 0 radical (unpaired) electrons. The Labute approximate surface area is 90.6 Å². The van der Waals surface area contributed by atoms with Crippen LogP contribution in [0.1, 0.15) is 10.4 Å². The van der Waals surface area contributed by atoms with Crippen LogP contribution in [0.15, 0.2) is 6.33 Å². The maximum absolute atomic E-state index is 11.6. The molecule has 5 nitrogen and oxygen atoms in total.